The molecule has 1 aliphatic heterocycles. The lowest BCUT2D eigenvalue weighted by molar-refractivity contribution is -0.149. The predicted molar refractivity (Wildman–Crippen MR) is 50.4 cm³/mol. The van der Waals surface area contributed by atoms with Gasteiger partial charge in [0.2, 0.25) is 0 Å². The second-order valence-corrected chi connectivity index (χ2v) is 4.04. The van der Waals surface area contributed by atoms with E-state index in [4.69, 9.17) is 14.6 Å². The van der Waals surface area contributed by atoms with E-state index >= 15 is 0 Å². The van der Waals surface area contributed by atoms with Crippen LogP contribution in [0.3, 0.4) is 0 Å². The molecule has 1 unspecified atom stereocenters. The van der Waals surface area contributed by atoms with Gasteiger partial charge in [-0.2, -0.15) is 0 Å². The first-order valence-electron chi connectivity index (χ1n) is 5.05. The smallest absolute Gasteiger partial charge is 0.163 e. The quantitative estimate of drug-likeness (QED) is 0.729. The molecule has 1 rings (SSSR count). The summed E-state index contributed by atoms with van der Waals surface area (Å²) in [5.41, 5.74) is 0. The highest BCUT2D eigenvalue weighted by atomic mass is 16.8. The van der Waals surface area contributed by atoms with Crippen LogP contribution in [-0.2, 0) is 9.47 Å². The second kappa shape index (κ2) is 4.40. The summed E-state index contributed by atoms with van der Waals surface area (Å²) in [4.78, 5) is 0. The minimum atomic E-state index is -0.522. The average Bonchev–Trinajstić information content (AvgIpc) is 2.37. The molecule has 13 heavy (non-hydrogen) atoms. The zero-order chi connectivity index (χ0) is 9.90. The molecule has 0 aromatic carbocycles. The molecule has 0 radical (unpaired) electrons. The van der Waals surface area contributed by atoms with E-state index < -0.39 is 5.79 Å². The maximum atomic E-state index is 9.06. The molecular weight excluding hydrogens is 168 g/mol. The first kappa shape index (κ1) is 11.0. The molecule has 1 aliphatic rings. The largest absolute Gasteiger partial charge is 0.394 e. The summed E-state index contributed by atoms with van der Waals surface area (Å²) in [6, 6.07) is 0. The molecule has 0 aromatic heterocycles. The summed E-state index contributed by atoms with van der Waals surface area (Å²) < 4.78 is 11.2. The van der Waals surface area contributed by atoms with Gasteiger partial charge in [-0.25, -0.2) is 0 Å². The Hall–Kier alpha value is -0.120. The van der Waals surface area contributed by atoms with Crippen LogP contribution in [0, 0.1) is 0 Å². The molecule has 0 amide bonds. The molecule has 2 atom stereocenters. The van der Waals surface area contributed by atoms with Crippen molar-refractivity contribution in [2.75, 3.05) is 6.61 Å². The van der Waals surface area contributed by atoms with Gasteiger partial charge in [-0.3, -0.25) is 0 Å². The van der Waals surface area contributed by atoms with Crippen LogP contribution in [0.5, 0.6) is 0 Å². The highest BCUT2D eigenvalue weighted by molar-refractivity contribution is 4.80. The highest BCUT2D eigenvalue weighted by Gasteiger charge is 2.40. The van der Waals surface area contributed by atoms with E-state index in [1.54, 1.807) is 0 Å². The Bertz CT molecular complexity index is 156. The molecule has 0 aromatic rings. The average molecular weight is 188 g/mol. The summed E-state index contributed by atoms with van der Waals surface area (Å²) in [7, 11) is 0. The summed E-state index contributed by atoms with van der Waals surface area (Å²) in [6.45, 7) is 5.98. The molecule has 1 N–H and O–H groups in total. The van der Waals surface area contributed by atoms with Crippen LogP contribution < -0.4 is 0 Å². The fourth-order valence-electron chi connectivity index (χ4n) is 1.71. The van der Waals surface area contributed by atoms with Crippen LogP contribution in [0.15, 0.2) is 0 Å². The van der Waals surface area contributed by atoms with Gasteiger partial charge in [-0.1, -0.05) is 19.8 Å². The SMILES string of the molecule is CCCC[C@@H]1OC(C)(C)OC1CO. The van der Waals surface area contributed by atoms with Crippen molar-refractivity contribution in [3.8, 4) is 0 Å². The Morgan fingerprint density at radius 3 is 2.38 bits per heavy atom. The third kappa shape index (κ3) is 2.93. The van der Waals surface area contributed by atoms with E-state index in [1.165, 1.54) is 0 Å². The van der Waals surface area contributed by atoms with Crippen molar-refractivity contribution in [3.63, 3.8) is 0 Å². The number of unbranched alkanes of at least 4 members (excludes halogenated alkanes) is 1. The number of rotatable bonds is 4. The monoisotopic (exact) mass is 188 g/mol. The van der Waals surface area contributed by atoms with Crippen molar-refractivity contribution in [1.29, 1.82) is 0 Å². The minimum absolute atomic E-state index is 0.0534. The third-order valence-corrected chi connectivity index (χ3v) is 2.31. The number of hydrogen-bond acceptors (Lipinski definition) is 3. The highest BCUT2D eigenvalue weighted by Crippen LogP contribution is 2.30. The molecule has 0 spiro atoms. The van der Waals surface area contributed by atoms with E-state index in [1.807, 2.05) is 13.8 Å². The van der Waals surface area contributed by atoms with Crippen LogP contribution >= 0.6 is 0 Å². The number of hydrogen-bond donors (Lipinski definition) is 1. The Morgan fingerprint density at radius 2 is 1.85 bits per heavy atom. The summed E-state index contributed by atoms with van der Waals surface area (Å²) >= 11 is 0. The van der Waals surface area contributed by atoms with E-state index in [0.29, 0.717) is 0 Å². The topological polar surface area (TPSA) is 38.7 Å². The Balaban J connectivity index is 2.43. The van der Waals surface area contributed by atoms with Crippen LogP contribution in [0.4, 0.5) is 0 Å². The van der Waals surface area contributed by atoms with Gasteiger partial charge in [0.1, 0.15) is 6.10 Å². The normalized spacial score (nSPS) is 32.3. The van der Waals surface area contributed by atoms with Crippen LogP contribution in [0.25, 0.3) is 0 Å². The maximum absolute atomic E-state index is 9.06. The molecule has 1 fully saturated rings. The molecule has 3 heteroatoms. The van der Waals surface area contributed by atoms with E-state index in [-0.39, 0.29) is 18.8 Å². The van der Waals surface area contributed by atoms with Gasteiger partial charge in [0.15, 0.2) is 5.79 Å². The molecule has 0 bridgehead atoms. The molecule has 0 saturated carbocycles. The third-order valence-electron chi connectivity index (χ3n) is 2.31. The minimum Gasteiger partial charge on any atom is -0.394 e. The number of ether oxygens (including phenoxy) is 2. The van der Waals surface area contributed by atoms with Gasteiger partial charge in [0, 0.05) is 0 Å². The molecule has 1 heterocycles. The predicted octanol–water partition coefficient (Wildman–Crippen LogP) is 1.69. The van der Waals surface area contributed by atoms with Gasteiger partial charge < -0.3 is 14.6 Å². The molecule has 78 valence electrons. The van der Waals surface area contributed by atoms with Gasteiger partial charge in [-0.05, 0) is 20.3 Å². The van der Waals surface area contributed by atoms with Crippen molar-refractivity contribution < 1.29 is 14.6 Å². The Labute approximate surface area is 80.0 Å². The summed E-state index contributed by atoms with van der Waals surface area (Å²) in [5.74, 6) is -0.522. The fraction of sp³-hybridized carbons (Fsp3) is 1.00. The first-order chi connectivity index (χ1) is 6.09. The molecule has 3 nitrogen and oxygen atoms in total. The first-order valence-corrected chi connectivity index (χ1v) is 5.05. The van der Waals surface area contributed by atoms with Crippen molar-refractivity contribution in [1.82, 2.24) is 0 Å². The lowest BCUT2D eigenvalue weighted by Crippen LogP contribution is -2.26. The lowest BCUT2D eigenvalue weighted by Gasteiger charge is -2.16. The Morgan fingerprint density at radius 1 is 1.23 bits per heavy atom. The second-order valence-electron chi connectivity index (χ2n) is 4.04. The van der Waals surface area contributed by atoms with Gasteiger partial charge >= 0.3 is 0 Å². The molecular formula is C10H20O3. The van der Waals surface area contributed by atoms with E-state index in [9.17, 15) is 0 Å². The summed E-state index contributed by atoms with van der Waals surface area (Å²) in [6.07, 6.45) is 3.19. The number of aliphatic hydroxyl groups excluding tert-OH is 1. The fourth-order valence-corrected chi connectivity index (χ4v) is 1.71. The van der Waals surface area contributed by atoms with E-state index in [2.05, 4.69) is 6.92 Å². The van der Waals surface area contributed by atoms with Crippen molar-refractivity contribution in [3.05, 3.63) is 0 Å². The summed E-state index contributed by atoms with van der Waals surface area (Å²) in [5, 5.41) is 9.06. The van der Waals surface area contributed by atoms with Gasteiger partial charge in [0.05, 0.1) is 12.7 Å². The van der Waals surface area contributed by atoms with Gasteiger partial charge in [-0.15, -0.1) is 0 Å². The van der Waals surface area contributed by atoms with Crippen LogP contribution in [0.1, 0.15) is 40.0 Å². The van der Waals surface area contributed by atoms with E-state index in [0.717, 1.165) is 19.3 Å². The van der Waals surface area contributed by atoms with Crippen molar-refractivity contribution >= 4 is 0 Å². The zero-order valence-electron chi connectivity index (χ0n) is 8.75. The lowest BCUT2D eigenvalue weighted by atomic mass is 10.1. The Kier molecular flexibility index (Phi) is 3.71. The number of aliphatic hydroxyl groups is 1. The molecule has 1 saturated heterocycles. The van der Waals surface area contributed by atoms with Crippen molar-refractivity contribution in [2.24, 2.45) is 0 Å². The standard InChI is InChI=1S/C10H20O3/c1-4-5-6-8-9(7-11)13-10(2,3)12-8/h8-9,11H,4-7H2,1-3H3/t8-,9?/m0/s1. The van der Waals surface area contributed by atoms with Crippen LogP contribution in [-0.4, -0.2) is 29.7 Å². The molecule has 0 aliphatic carbocycles. The van der Waals surface area contributed by atoms with Gasteiger partial charge in [0.25, 0.3) is 0 Å². The van der Waals surface area contributed by atoms with Crippen molar-refractivity contribution in [2.45, 2.75) is 58.0 Å². The van der Waals surface area contributed by atoms with Crippen LogP contribution in [0.2, 0.25) is 0 Å². The zero-order valence-corrected chi connectivity index (χ0v) is 8.75. The maximum Gasteiger partial charge on any atom is 0.163 e.